The molecule has 15 heavy (non-hydrogen) atoms. The first-order valence-corrected chi connectivity index (χ1v) is 5.13. The molecule has 0 aliphatic rings. The normalized spacial score (nSPS) is 12.3. The van der Waals surface area contributed by atoms with E-state index in [0.29, 0.717) is 17.1 Å². The third kappa shape index (κ3) is 1.84. The van der Waals surface area contributed by atoms with Crippen molar-refractivity contribution in [3.05, 3.63) is 17.9 Å². The van der Waals surface area contributed by atoms with Crippen LogP contribution in [-0.2, 0) is 11.8 Å². The summed E-state index contributed by atoms with van der Waals surface area (Å²) in [5.41, 5.74) is 1.27. The first-order chi connectivity index (χ1) is 7.00. The molecule has 0 radical (unpaired) electrons. The summed E-state index contributed by atoms with van der Waals surface area (Å²) in [6.07, 6.45) is 2.48. The molecule has 2 aromatic heterocycles. The number of fused-ring (bicyclic) bond motifs is 1. The molecule has 0 atom stereocenters. The third-order valence-electron chi connectivity index (χ3n) is 2.17. The predicted octanol–water partition coefficient (Wildman–Crippen LogP) is 2.48. The lowest BCUT2D eigenvalue weighted by Crippen LogP contribution is -2.15. The van der Waals surface area contributed by atoms with Gasteiger partial charge in [0.15, 0.2) is 11.5 Å². The van der Waals surface area contributed by atoms with Gasteiger partial charge in [-0.2, -0.15) is 4.98 Å². The van der Waals surface area contributed by atoms with Gasteiger partial charge in [-0.1, -0.05) is 27.7 Å². The molecule has 2 rings (SSSR count). The standard InChI is InChI=1S/C11H15N3O/c1-5-8-13-9-7(15-8)6-12-10(14-9)11(2,3)4/h6H,5H2,1-4H3. The second-order valence-corrected chi connectivity index (χ2v) is 4.59. The van der Waals surface area contributed by atoms with Crippen molar-refractivity contribution in [2.45, 2.75) is 39.5 Å². The summed E-state index contributed by atoms with van der Waals surface area (Å²) >= 11 is 0. The minimum absolute atomic E-state index is 0.0560. The molecule has 0 aliphatic heterocycles. The Kier molecular flexibility index (Phi) is 2.21. The van der Waals surface area contributed by atoms with Gasteiger partial charge in [0.1, 0.15) is 5.82 Å². The quantitative estimate of drug-likeness (QED) is 0.717. The van der Waals surface area contributed by atoms with Crippen molar-refractivity contribution < 1.29 is 4.42 Å². The topological polar surface area (TPSA) is 51.8 Å². The second kappa shape index (κ2) is 3.29. The molecule has 0 amide bonds. The largest absolute Gasteiger partial charge is 0.437 e. The van der Waals surface area contributed by atoms with Crippen LogP contribution >= 0.6 is 0 Å². The summed E-state index contributed by atoms with van der Waals surface area (Å²) in [5, 5.41) is 0. The minimum atomic E-state index is -0.0560. The lowest BCUT2D eigenvalue weighted by molar-refractivity contribution is 0.532. The van der Waals surface area contributed by atoms with E-state index < -0.39 is 0 Å². The lowest BCUT2D eigenvalue weighted by Gasteiger charge is -2.14. The monoisotopic (exact) mass is 205 g/mol. The molecule has 4 nitrogen and oxygen atoms in total. The maximum atomic E-state index is 5.45. The molecule has 0 spiro atoms. The number of nitrogens with zero attached hydrogens (tertiary/aromatic N) is 3. The molecule has 0 saturated heterocycles. The molecule has 2 heterocycles. The number of oxazole rings is 1. The highest BCUT2D eigenvalue weighted by atomic mass is 16.3. The zero-order chi connectivity index (χ0) is 11.1. The van der Waals surface area contributed by atoms with Crippen LogP contribution in [0.4, 0.5) is 0 Å². The van der Waals surface area contributed by atoms with Crippen LogP contribution in [0.1, 0.15) is 39.4 Å². The van der Waals surface area contributed by atoms with Crippen molar-refractivity contribution >= 4 is 11.2 Å². The molecule has 0 unspecified atom stereocenters. The van der Waals surface area contributed by atoms with Crippen molar-refractivity contribution in [3.8, 4) is 0 Å². The van der Waals surface area contributed by atoms with E-state index in [2.05, 4.69) is 35.7 Å². The summed E-state index contributed by atoms with van der Waals surface area (Å²) in [5.74, 6) is 1.51. The second-order valence-electron chi connectivity index (χ2n) is 4.59. The van der Waals surface area contributed by atoms with E-state index >= 15 is 0 Å². The van der Waals surface area contributed by atoms with E-state index in [9.17, 15) is 0 Å². The Bertz CT molecular complexity index is 482. The number of hydrogen-bond acceptors (Lipinski definition) is 4. The third-order valence-corrected chi connectivity index (χ3v) is 2.17. The van der Waals surface area contributed by atoms with Crippen molar-refractivity contribution in [1.29, 1.82) is 0 Å². The Morgan fingerprint density at radius 1 is 1.27 bits per heavy atom. The molecule has 0 fully saturated rings. The van der Waals surface area contributed by atoms with Crippen molar-refractivity contribution in [1.82, 2.24) is 15.0 Å². The molecule has 0 aliphatic carbocycles. The molecule has 4 heteroatoms. The Morgan fingerprint density at radius 3 is 2.60 bits per heavy atom. The molecular weight excluding hydrogens is 190 g/mol. The Morgan fingerprint density at radius 2 is 2.00 bits per heavy atom. The van der Waals surface area contributed by atoms with Crippen LogP contribution in [0.2, 0.25) is 0 Å². The Balaban J connectivity index is 2.55. The molecule has 2 aromatic rings. The SMILES string of the molecule is CCc1nc2nc(C(C)(C)C)ncc2o1. The van der Waals surface area contributed by atoms with Gasteiger partial charge in [0.2, 0.25) is 5.65 Å². The zero-order valence-electron chi connectivity index (χ0n) is 9.53. The van der Waals surface area contributed by atoms with E-state index in [1.165, 1.54) is 0 Å². The van der Waals surface area contributed by atoms with Crippen LogP contribution in [0.15, 0.2) is 10.6 Å². The fourth-order valence-corrected chi connectivity index (χ4v) is 1.29. The first-order valence-electron chi connectivity index (χ1n) is 5.13. The Labute approximate surface area is 88.8 Å². The van der Waals surface area contributed by atoms with E-state index in [4.69, 9.17) is 4.42 Å². The lowest BCUT2D eigenvalue weighted by atomic mass is 9.96. The van der Waals surface area contributed by atoms with E-state index in [1.807, 2.05) is 6.92 Å². The fraction of sp³-hybridized carbons (Fsp3) is 0.545. The highest BCUT2D eigenvalue weighted by molar-refractivity contribution is 5.66. The summed E-state index contributed by atoms with van der Waals surface area (Å²) in [6, 6.07) is 0. The average Bonchev–Trinajstić information content (AvgIpc) is 2.57. The van der Waals surface area contributed by atoms with Crippen LogP contribution in [0.3, 0.4) is 0 Å². The van der Waals surface area contributed by atoms with Crippen molar-refractivity contribution in [2.24, 2.45) is 0 Å². The molecule has 0 bridgehead atoms. The predicted molar refractivity (Wildman–Crippen MR) is 57.7 cm³/mol. The molecule has 0 aromatic carbocycles. The first kappa shape index (κ1) is 10.1. The minimum Gasteiger partial charge on any atom is -0.437 e. The van der Waals surface area contributed by atoms with Crippen molar-refractivity contribution in [2.75, 3.05) is 0 Å². The number of aryl methyl sites for hydroxylation is 1. The van der Waals surface area contributed by atoms with Gasteiger partial charge in [0.25, 0.3) is 0 Å². The maximum Gasteiger partial charge on any atom is 0.202 e. The van der Waals surface area contributed by atoms with Gasteiger partial charge in [0.05, 0.1) is 6.20 Å². The molecular formula is C11H15N3O. The van der Waals surface area contributed by atoms with Gasteiger partial charge < -0.3 is 4.42 Å². The van der Waals surface area contributed by atoms with Crippen molar-refractivity contribution in [3.63, 3.8) is 0 Å². The smallest absolute Gasteiger partial charge is 0.202 e. The van der Waals surface area contributed by atoms with E-state index in [-0.39, 0.29) is 5.41 Å². The number of hydrogen-bond donors (Lipinski definition) is 0. The zero-order valence-corrected chi connectivity index (χ0v) is 9.53. The highest BCUT2D eigenvalue weighted by Crippen LogP contribution is 2.20. The summed E-state index contributed by atoms with van der Waals surface area (Å²) in [7, 11) is 0. The summed E-state index contributed by atoms with van der Waals surface area (Å²) in [4.78, 5) is 13.0. The van der Waals surface area contributed by atoms with Gasteiger partial charge >= 0.3 is 0 Å². The summed E-state index contributed by atoms with van der Waals surface area (Å²) in [6.45, 7) is 8.24. The maximum absolute atomic E-state index is 5.45. The van der Waals surface area contributed by atoms with Crippen LogP contribution < -0.4 is 0 Å². The molecule has 0 saturated carbocycles. The van der Waals surface area contributed by atoms with Crippen LogP contribution in [0, 0.1) is 0 Å². The van der Waals surface area contributed by atoms with Gasteiger partial charge in [-0.3, -0.25) is 0 Å². The van der Waals surface area contributed by atoms with Gasteiger partial charge in [-0.25, -0.2) is 9.97 Å². The van der Waals surface area contributed by atoms with Gasteiger partial charge in [-0.05, 0) is 0 Å². The average molecular weight is 205 g/mol. The fourth-order valence-electron chi connectivity index (χ4n) is 1.29. The molecule has 80 valence electrons. The van der Waals surface area contributed by atoms with Gasteiger partial charge in [0, 0.05) is 11.8 Å². The van der Waals surface area contributed by atoms with Gasteiger partial charge in [-0.15, -0.1) is 0 Å². The number of rotatable bonds is 1. The van der Waals surface area contributed by atoms with E-state index in [0.717, 1.165) is 12.2 Å². The van der Waals surface area contributed by atoms with Crippen LogP contribution in [0.25, 0.3) is 11.2 Å². The Hall–Kier alpha value is -1.45. The highest BCUT2D eigenvalue weighted by Gasteiger charge is 2.18. The van der Waals surface area contributed by atoms with E-state index in [1.54, 1.807) is 6.20 Å². The van der Waals surface area contributed by atoms with Crippen LogP contribution in [0.5, 0.6) is 0 Å². The number of aromatic nitrogens is 3. The summed E-state index contributed by atoms with van der Waals surface area (Å²) < 4.78 is 5.45. The molecule has 0 N–H and O–H groups in total. The van der Waals surface area contributed by atoms with Crippen LogP contribution in [-0.4, -0.2) is 15.0 Å².